The molecule has 130 valence electrons. The summed E-state index contributed by atoms with van der Waals surface area (Å²) < 4.78 is 11.8. The third-order valence-corrected chi connectivity index (χ3v) is 4.52. The lowest BCUT2D eigenvalue weighted by Gasteiger charge is -2.31. The minimum Gasteiger partial charge on any atom is -0.347 e. The van der Waals surface area contributed by atoms with Gasteiger partial charge in [-0.05, 0) is 18.4 Å². The van der Waals surface area contributed by atoms with Crippen molar-refractivity contribution in [2.45, 2.75) is 50.5 Å². The van der Waals surface area contributed by atoms with E-state index < -0.39 is 17.6 Å². The monoisotopic (exact) mass is 332 g/mol. The highest BCUT2D eigenvalue weighted by molar-refractivity contribution is 6.35. The molecule has 2 amide bonds. The van der Waals surface area contributed by atoms with Gasteiger partial charge in [-0.15, -0.1) is 0 Å². The van der Waals surface area contributed by atoms with Crippen molar-refractivity contribution in [2.75, 3.05) is 13.2 Å². The lowest BCUT2D eigenvalue weighted by Crippen LogP contribution is -2.43. The molecule has 1 aliphatic carbocycles. The fraction of sp³-hybridized carbons (Fsp3) is 0.556. The number of nitrogens with one attached hydrogen (secondary N) is 2. The maximum atomic E-state index is 11.9. The Balaban J connectivity index is 1.38. The number of hydrogen-bond donors (Lipinski definition) is 2. The van der Waals surface area contributed by atoms with Crippen molar-refractivity contribution >= 4 is 11.8 Å². The second kappa shape index (κ2) is 7.77. The highest BCUT2D eigenvalue weighted by Crippen LogP contribution is 2.37. The summed E-state index contributed by atoms with van der Waals surface area (Å²) in [5.74, 6) is -1.73. The van der Waals surface area contributed by atoms with Gasteiger partial charge in [-0.2, -0.15) is 0 Å². The molecule has 1 aliphatic heterocycles. The average molecular weight is 332 g/mol. The van der Waals surface area contributed by atoms with Crippen molar-refractivity contribution in [1.82, 2.24) is 10.6 Å². The van der Waals surface area contributed by atoms with Crippen molar-refractivity contribution in [3.63, 3.8) is 0 Å². The number of amides is 2. The van der Waals surface area contributed by atoms with E-state index >= 15 is 0 Å². The standard InChI is InChI=1S/C18H24N2O4/c21-16(19-11-14-7-3-1-4-8-14)17(22)20-12-15-13-23-18(24-15)9-5-2-6-10-18/h1,3-4,7-8,15H,2,5-6,9-13H2,(H,19,21)(H,20,22). The first-order valence-electron chi connectivity index (χ1n) is 8.59. The van der Waals surface area contributed by atoms with E-state index in [0.29, 0.717) is 19.7 Å². The van der Waals surface area contributed by atoms with E-state index in [1.807, 2.05) is 30.3 Å². The van der Waals surface area contributed by atoms with Crippen LogP contribution in [0, 0.1) is 0 Å². The van der Waals surface area contributed by atoms with Crippen LogP contribution >= 0.6 is 0 Å². The molecule has 1 spiro atoms. The van der Waals surface area contributed by atoms with Crippen LogP contribution in [0.2, 0.25) is 0 Å². The summed E-state index contributed by atoms with van der Waals surface area (Å²) >= 11 is 0. The van der Waals surface area contributed by atoms with Crippen molar-refractivity contribution in [2.24, 2.45) is 0 Å². The Morgan fingerprint density at radius 1 is 1.04 bits per heavy atom. The van der Waals surface area contributed by atoms with Gasteiger partial charge in [0, 0.05) is 25.9 Å². The van der Waals surface area contributed by atoms with Gasteiger partial charge in [-0.3, -0.25) is 9.59 Å². The van der Waals surface area contributed by atoms with Crippen LogP contribution < -0.4 is 10.6 Å². The zero-order valence-corrected chi connectivity index (χ0v) is 13.8. The molecule has 2 N–H and O–H groups in total. The van der Waals surface area contributed by atoms with Gasteiger partial charge in [0.1, 0.15) is 6.10 Å². The van der Waals surface area contributed by atoms with Crippen LogP contribution in [0.3, 0.4) is 0 Å². The molecule has 2 fully saturated rings. The third-order valence-electron chi connectivity index (χ3n) is 4.52. The number of carbonyl (C=O) groups is 2. The van der Waals surface area contributed by atoms with Crippen LogP contribution in [0.15, 0.2) is 30.3 Å². The molecule has 0 radical (unpaired) electrons. The van der Waals surface area contributed by atoms with E-state index in [9.17, 15) is 9.59 Å². The predicted molar refractivity (Wildman–Crippen MR) is 87.9 cm³/mol. The maximum absolute atomic E-state index is 11.9. The van der Waals surface area contributed by atoms with E-state index in [4.69, 9.17) is 9.47 Å². The Labute approximate surface area is 141 Å². The predicted octanol–water partition coefficient (Wildman–Crippen LogP) is 1.49. The molecule has 1 saturated carbocycles. The second-order valence-electron chi connectivity index (χ2n) is 6.40. The summed E-state index contributed by atoms with van der Waals surface area (Å²) in [4.78, 5) is 23.7. The fourth-order valence-electron chi connectivity index (χ4n) is 3.22. The normalized spacial score (nSPS) is 22.2. The summed E-state index contributed by atoms with van der Waals surface area (Å²) in [6.45, 7) is 1.09. The Morgan fingerprint density at radius 2 is 1.75 bits per heavy atom. The quantitative estimate of drug-likeness (QED) is 0.819. The van der Waals surface area contributed by atoms with Gasteiger partial charge < -0.3 is 20.1 Å². The van der Waals surface area contributed by atoms with Crippen molar-refractivity contribution in [1.29, 1.82) is 0 Å². The van der Waals surface area contributed by atoms with Crippen LogP contribution in [0.4, 0.5) is 0 Å². The molecule has 1 aromatic rings. The molecule has 3 rings (SSSR count). The fourth-order valence-corrected chi connectivity index (χ4v) is 3.22. The zero-order chi connectivity index (χ0) is 16.8. The van der Waals surface area contributed by atoms with Crippen LogP contribution in [0.5, 0.6) is 0 Å². The van der Waals surface area contributed by atoms with Gasteiger partial charge in [0.15, 0.2) is 5.79 Å². The van der Waals surface area contributed by atoms with Gasteiger partial charge in [0.2, 0.25) is 0 Å². The van der Waals surface area contributed by atoms with Crippen molar-refractivity contribution in [3.8, 4) is 0 Å². The summed E-state index contributed by atoms with van der Waals surface area (Å²) in [6, 6.07) is 9.47. The van der Waals surface area contributed by atoms with Gasteiger partial charge in [-0.25, -0.2) is 0 Å². The first-order valence-corrected chi connectivity index (χ1v) is 8.59. The third kappa shape index (κ3) is 4.33. The molecule has 6 heteroatoms. The molecular weight excluding hydrogens is 308 g/mol. The Kier molecular flexibility index (Phi) is 5.48. The Morgan fingerprint density at radius 3 is 2.50 bits per heavy atom. The minimum absolute atomic E-state index is 0.186. The van der Waals surface area contributed by atoms with Gasteiger partial charge >= 0.3 is 11.8 Å². The molecule has 1 aromatic carbocycles. The van der Waals surface area contributed by atoms with Crippen LogP contribution in [0.1, 0.15) is 37.7 Å². The maximum Gasteiger partial charge on any atom is 0.309 e. The van der Waals surface area contributed by atoms with E-state index in [1.54, 1.807) is 0 Å². The first kappa shape index (κ1) is 16.9. The average Bonchev–Trinajstić information content (AvgIpc) is 3.01. The lowest BCUT2D eigenvalue weighted by molar-refractivity contribution is -0.186. The molecule has 0 aromatic heterocycles. The molecule has 1 saturated heterocycles. The van der Waals surface area contributed by atoms with E-state index in [1.165, 1.54) is 6.42 Å². The summed E-state index contributed by atoms with van der Waals surface area (Å²) in [7, 11) is 0. The SMILES string of the molecule is O=C(NCc1ccccc1)C(=O)NCC1COC2(CCCCC2)O1. The van der Waals surface area contributed by atoms with E-state index in [-0.39, 0.29) is 6.10 Å². The number of carbonyl (C=O) groups excluding carboxylic acids is 2. The van der Waals surface area contributed by atoms with E-state index in [2.05, 4.69) is 10.6 Å². The van der Waals surface area contributed by atoms with Crippen molar-refractivity contribution < 1.29 is 19.1 Å². The molecule has 1 atom stereocenters. The summed E-state index contributed by atoms with van der Waals surface area (Å²) in [5, 5.41) is 5.23. The zero-order valence-electron chi connectivity index (χ0n) is 13.8. The molecule has 6 nitrogen and oxygen atoms in total. The topological polar surface area (TPSA) is 76.7 Å². The van der Waals surface area contributed by atoms with Gasteiger partial charge in [-0.1, -0.05) is 36.8 Å². The molecule has 1 unspecified atom stereocenters. The lowest BCUT2D eigenvalue weighted by atomic mass is 9.94. The van der Waals surface area contributed by atoms with Gasteiger partial charge in [0.25, 0.3) is 0 Å². The van der Waals surface area contributed by atoms with Crippen LogP contribution in [0.25, 0.3) is 0 Å². The number of benzene rings is 1. The van der Waals surface area contributed by atoms with E-state index in [0.717, 1.165) is 31.2 Å². The molecular formula is C18H24N2O4. The Hall–Kier alpha value is -1.92. The van der Waals surface area contributed by atoms with Crippen LogP contribution in [-0.2, 0) is 25.6 Å². The highest BCUT2D eigenvalue weighted by atomic mass is 16.7. The Bertz CT molecular complexity index is 570. The molecule has 2 aliphatic rings. The second-order valence-corrected chi connectivity index (χ2v) is 6.40. The summed E-state index contributed by atoms with van der Waals surface area (Å²) in [5.41, 5.74) is 0.949. The number of hydrogen-bond acceptors (Lipinski definition) is 4. The number of rotatable bonds is 4. The van der Waals surface area contributed by atoms with Crippen molar-refractivity contribution in [3.05, 3.63) is 35.9 Å². The molecule has 0 bridgehead atoms. The summed E-state index contributed by atoms with van der Waals surface area (Å²) in [6.07, 6.45) is 5.08. The molecule has 1 heterocycles. The molecule has 24 heavy (non-hydrogen) atoms. The van der Waals surface area contributed by atoms with Crippen LogP contribution in [-0.4, -0.2) is 36.9 Å². The first-order chi connectivity index (χ1) is 11.7. The highest BCUT2D eigenvalue weighted by Gasteiger charge is 2.42. The van der Waals surface area contributed by atoms with Gasteiger partial charge in [0.05, 0.1) is 6.61 Å². The smallest absolute Gasteiger partial charge is 0.309 e. The number of ether oxygens (including phenoxy) is 2. The largest absolute Gasteiger partial charge is 0.347 e. The minimum atomic E-state index is -0.640.